The Labute approximate surface area is 178 Å². The van der Waals surface area contributed by atoms with Crippen LogP contribution < -0.4 is 10.6 Å². The van der Waals surface area contributed by atoms with Gasteiger partial charge in [0.05, 0.1) is 16.8 Å². The summed E-state index contributed by atoms with van der Waals surface area (Å²) in [6.45, 7) is -0.843. The number of hydrogen-bond donors (Lipinski definition) is 2. The van der Waals surface area contributed by atoms with E-state index < -0.39 is 47.5 Å². The van der Waals surface area contributed by atoms with Crippen LogP contribution in [-0.4, -0.2) is 18.5 Å². The fourth-order valence-electron chi connectivity index (χ4n) is 2.70. The number of ether oxygens (including phenoxy) is 1. The number of alkyl halides is 3. The molecule has 0 saturated heterocycles. The van der Waals surface area contributed by atoms with E-state index in [-0.39, 0.29) is 16.9 Å². The summed E-state index contributed by atoms with van der Waals surface area (Å²) < 4.78 is 70.8. The number of para-hydroxylation sites is 2. The Kier molecular flexibility index (Phi) is 6.72. The molecule has 0 fully saturated rings. The molecule has 0 aliphatic heterocycles. The van der Waals surface area contributed by atoms with Crippen molar-refractivity contribution in [2.45, 2.75) is 6.18 Å². The molecule has 0 aromatic heterocycles. The van der Waals surface area contributed by atoms with E-state index in [0.29, 0.717) is 0 Å². The van der Waals surface area contributed by atoms with Gasteiger partial charge in [-0.05, 0) is 42.5 Å². The molecule has 0 atom stereocenters. The second kappa shape index (κ2) is 9.46. The largest absolute Gasteiger partial charge is 0.452 e. The summed E-state index contributed by atoms with van der Waals surface area (Å²) in [6.07, 6.45) is -4.54. The first-order valence-corrected chi connectivity index (χ1v) is 9.09. The van der Waals surface area contributed by atoms with Crippen molar-refractivity contribution in [2.24, 2.45) is 0 Å². The van der Waals surface area contributed by atoms with Crippen LogP contribution in [0.25, 0.3) is 0 Å². The van der Waals surface area contributed by atoms with Gasteiger partial charge < -0.3 is 15.4 Å². The second-order valence-electron chi connectivity index (χ2n) is 6.47. The van der Waals surface area contributed by atoms with Gasteiger partial charge in [-0.15, -0.1) is 0 Å². The van der Waals surface area contributed by atoms with Crippen LogP contribution in [-0.2, 0) is 15.7 Å². The van der Waals surface area contributed by atoms with Gasteiger partial charge >= 0.3 is 12.1 Å². The van der Waals surface area contributed by atoms with Crippen LogP contribution in [0.15, 0.2) is 66.7 Å². The Bertz CT molecular complexity index is 1130. The Morgan fingerprint density at radius 1 is 0.875 bits per heavy atom. The zero-order valence-electron chi connectivity index (χ0n) is 16.2. The molecule has 0 aliphatic rings. The highest BCUT2D eigenvalue weighted by molar-refractivity contribution is 5.99. The number of halogens is 5. The molecule has 5 nitrogen and oxygen atoms in total. The fraction of sp³-hybridized carbons (Fsp3) is 0.0909. The normalized spacial score (nSPS) is 11.0. The minimum Gasteiger partial charge on any atom is -0.452 e. The molecule has 3 aromatic carbocycles. The van der Waals surface area contributed by atoms with E-state index in [4.69, 9.17) is 4.74 Å². The third-order valence-corrected chi connectivity index (χ3v) is 4.18. The summed E-state index contributed by atoms with van der Waals surface area (Å²) in [7, 11) is 0. The van der Waals surface area contributed by atoms with Crippen LogP contribution in [0.5, 0.6) is 0 Å². The number of hydrogen-bond acceptors (Lipinski definition) is 4. The highest BCUT2D eigenvalue weighted by atomic mass is 19.4. The smallest absolute Gasteiger partial charge is 0.416 e. The first kappa shape index (κ1) is 22.7. The minimum absolute atomic E-state index is 0.0604. The van der Waals surface area contributed by atoms with E-state index in [1.165, 1.54) is 30.3 Å². The zero-order chi connectivity index (χ0) is 23.3. The molecule has 0 spiro atoms. The van der Waals surface area contributed by atoms with Crippen LogP contribution in [0.2, 0.25) is 0 Å². The highest BCUT2D eigenvalue weighted by Gasteiger charge is 2.30. The molecule has 32 heavy (non-hydrogen) atoms. The van der Waals surface area contributed by atoms with Gasteiger partial charge in [-0.25, -0.2) is 13.6 Å². The van der Waals surface area contributed by atoms with E-state index in [1.54, 1.807) is 6.07 Å². The van der Waals surface area contributed by atoms with E-state index in [2.05, 4.69) is 5.32 Å². The van der Waals surface area contributed by atoms with Crippen molar-refractivity contribution in [1.82, 2.24) is 0 Å². The van der Waals surface area contributed by atoms with Gasteiger partial charge in [0, 0.05) is 5.69 Å². The number of esters is 1. The predicted octanol–water partition coefficient (Wildman–Crippen LogP) is 5.52. The molecule has 10 heteroatoms. The van der Waals surface area contributed by atoms with Gasteiger partial charge in [0.25, 0.3) is 5.91 Å². The standard InChI is InChI=1S/C22H15F5N2O3/c23-16-8-4-9-17(24)20(16)29-19(30)12-32-21(31)15-7-1-2-10-18(15)28-14-6-3-5-13(11-14)22(25,26)27/h1-11,28H,12H2,(H,29,30). The van der Waals surface area contributed by atoms with Crippen LogP contribution in [0.4, 0.5) is 39.0 Å². The van der Waals surface area contributed by atoms with Crippen LogP contribution in [0, 0.1) is 11.6 Å². The number of carbonyl (C=O) groups excluding carboxylic acids is 2. The number of benzene rings is 3. The number of nitrogens with one attached hydrogen (secondary N) is 2. The molecule has 0 radical (unpaired) electrons. The van der Waals surface area contributed by atoms with E-state index in [1.807, 2.05) is 5.32 Å². The second-order valence-corrected chi connectivity index (χ2v) is 6.47. The lowest BCUT2D eigenvalue weighted by atomic mass is 10.1. The lowest BCUT2D eigenvalue weighted by Crippen LogP contribution is -2.22. The molecular weight excluding hydrogens is 435 g/mol. The Hall–Kier alpha value is -3.95. The highest BCUT2D eigenvalue weighted by Crippen LogP contribution is 2.32. The molecule has 0 aliphatic carbocycles. The summed E-state index contributed by atoms with van der Waals surface area (Å²) in [6, 6.07) is 13.2. The lowest BCUT2D eigenvalue weighted by Gasteiger charge is -2.14. The molecule has 166 valence electrons. The third kappa shape index (κ3) is 5.60. The monoisotopic (exact) mass is 450 g/mol. The van der Waals surface area contributed by atoms with Gasteiger partial charge in [0.15, 0.2) is 6.61 Å². The maximum Gasteiger partial charge on any atom is 0.416 e. The van der Waals surface area contributed by atoms with Crippen LogP contribution in [0.3, 0.4) is 0 Å². The maximum atomic E-state index is 13.6. The van der Waals surface area contributed by atoms with Crippen molar-refractivity contribution in [3.8, 4) is 0 Å². The molecule has 1 amide bonds. The average Bonchev–Trinajstić information content (AvgIpc) is 2.75. The number of amides is 1. The number of carbonyl (C=O) groups is 2. The van der Waals surface area contributed by atoms with Gasteiger partial charge in [0.2, 0.25) is 0 Å². The van der Waals surface area contributed by atoms with Gasteiger partial charge in [0.1, 0.15) is 17.3 Å². The molecule has 3 aromatic rings. The Morgan fingerprint density at radius 2 is 1.53 bits per heavy atom. The van der Waals surface area contributed by atoms with E-state index >= 15 is 0 Å². The lowest BCUT2D eigenvalue weighted by molar-refractivity contribution is -0.137. The SMILES string of the molecule is O=C(COC(=O)c1ccccc1Nc1cccc(C(F)(F)F)c1)Nc1c(F)cccc1F. The Morgan fingerprint density at radius 3 is 2.22 bits per heavy atom. The van der Waals surface area contributed by atoms with Gasteiger partial charge in [-0.1, -0.05) is 24.3 Å². The zero-order valence-corrected chi connectivity index (χ0v) is 16.2. The molecule has 2 N–H and O–H groups in total. The first-order chi connectivity index (χ1) is 15.1. The fourth-order valence-corrected chi connectivity index (χ4v) is 2.70. The molecule has 3 rings (SSSR count). The number of rotatable bonds is 6. The molecule has 0 bridgehead atoms. The Balaban J connectivity index is 1.69. The minimum atomic E-state index is -4.54. The predicted molar refractivity (Wildman–Crippen MR) is 106 cm³/mol. The summed E-state index contributed by atoms with van der Waals surface area (Å²) in [4.78, 5) is 24.3. The van der Waals surface area contributed by atoms with Gasteiger partial charge in [-0.3, -0.25) is 4.79 Å². The summed E-state index contributed by atoms with van der Waals surface area (Å²) in [5, 5.41) is 4.68. The first-order valence-electron chi connectivity index (χ1n) is 9.09. The van der Waals surface area contributed by atoms with Gasteiger partial charge in [-0.2, -0.15) is 13.2 Å². The van der Waals surface area contributed by atoms with Crippen molar-refractivity contribution in [3.63, 3.8) is 0 Å². The maximum absolute atomic E-state index is 13.6. The molecule has 0 heterocycles. The number of anilines is 3. The van der Waals surface area contributed by atoms with Crippen molar-refractivity contribution in [1.29, 1.82) is 0 Å². The van der Waals surface area contributed by atoms with Crippen LogP contribution in [0.1, 0.15) is 15.9 Å². The average molecular weight is 450 g/mol. The van der Waals surface area contributed by atoms with E-state index in [0.717, 1.165) is 30.3 Å². The van der Waals surface area contributed by atoms with Crippen molar-refractivity contribution < 1.29 is 36.3 Å². The van der Waals surface area contributed by atoms with Crippen molar-refractivity contribution in [2.75, 3.05) is 17.2 Å². The van der Waals surface area contributed by atoms with E-state index in [9.17, 15) is 31.5 Å². The topological polar surface area (TPSA) is 67.4 Å². The summed E-state index contributed by atoms with van der Waals surface area (Å²) >= 11 is 0. The summed E-state index contributed by atoms with van der Waals surface area (Å²) in [5.41, 5.74) is -1.40. The molecule has 0 unspecified atom stereocenters. The molecule has 0 saturated carbocycles. The van der Waals surface area contributed by atoms with Crippen molar-refractivity contribution in [3.05, 3.63) is 89.5 Å². The van der Waals surface area contributed by atoms with Crippen LogP contribution >= 0.6 is 0 Å². The quantitative estimate of drug-likeness (QED) is 0.383. The molecular formula is C22H15F5N2O3. The van der Waals surface area contributed by atoms with Crippen molar-refractivity contribution >= 4 is 28.9 Å². The summed E-state index contributed by atoms with van der Waals surface area (Å²) in [5.74, 6) is -3.95. The third-order valence-electron chi connectivity index (χ3n) is 4.18.